The minimum Gasteiger partial charge on any atom is -0.314 e. The van der Waals surface area contributed by atoms with E-state index in [2.05, 4.69) is 5.32 Å². The van der Waals surface area contributed by atoms with Crippen LogP contribution in [0.5, 0.6) is 0 Å². The molecule has 0 atom stereocenters. The van der Waals surface area contributed by atoms with E-state index in [0.29, 0.717) is 12.5 Å². The molecule has 0 saturated heterocycles. The number of hydrogen-bond donors (Lipinski definition) is 1. The molecular weight excluding hydrogens is 239 g/mol. The average Bonchev–Trinajstić information content (AvgIpc) is 3.09. The molecular formula is C14H18F3N. The first-order valence-electron chi connectivity index (χ1n) is 6.53. The molecule has 0 heterocycles. The number of unbranched alkanes of at least 4 members (excludes halogenated alkanes) is 2. The van der Waals surface area contributed by atoms with Crippen LogP contribution in [0.15, 0.2) is 12.1 Å². The lowest BCUT2D eigenvalue weighted by atomic mass is 10.1. The Balaban J connectivity index is 1.68. The molecule has 2 rings (SSSR count). The highest BCUT2D eigenvalue weighted by molar-refractivity contribution is 5.20. The standard InChI is InChI=1S/C14H18F3N/c15-10-8-13(16)12(14(17)9-10)4-2-1-3-7-18-11-5-6-11/h8-9,11,18H,1-7H2. The second kappa shape index (κ2) is 6.23. The molecule has 0 unspecified atom stereocenters. The van der Waals surface area contributed by atoms with Crippen LogP contribution in [0, 0.1) is 17.5 Å². The molecule has 1 aliphatic rings. The summed E-state index contributed by atoms with van der Waals surface area (Å²) in [5.74, 6) is -2.41. The lowest BCUT2D eigenvalue weighted by Gasteiger charge is -2.06. The Labute approximate surface area is 105 Å². The summed E-state index contributed by atoms with van der Waals surface area (Å²) in [6.45, 7) is 0.971. The molecule has 1 nitrogen and oxygen atoms in total. The SMILES string of the molecule is Fc1cc(F)c(CCCCCNC2CC2)c(F)c1. The van der Waals surface area contributed by atoms with Gasteiger partial charge in [-0.2, -0.15) is 0 Å². The number of nitrogens with one attached hydrogen (secondary N) is 1. The Hall–Kier alpha value is -1.03. The topological polar surface area (TPSA) is 12.0 Å². The van der Waals surface area contributed by atoms with E-state index in [1.807, 2.05) is 0 Å². The van der Waals surface area contributed by atoms with Gasteiger partial charge in [-0.15, -0.1) is 0 Å². The third-order valence-electron chi connectivity index (χ3n) is 3.22. The van der Waals surface area contributed by atoms with Gasteiger partial charge in [-0.05, 0) is 38.6 Å². The van der Waals surface area contributed by atoms with Crippen LogP contribution in [0.25, 0.3) is 0 Å². The van der Waals surface area contributed by atoms with Crippen molar-refractivity contribution in [2.45, 2.75) is 44.6 Å². The van der Waals surface area contributed by atoms with Gasteiger partial charge in [-0.25, -0.2) is 13.2 Å². The smallest absolute Gasteiger partial charge is 0.132 e. The Morgan fingerprint density at radius 2 is 1.67 bits per heavy atom. The summed E-state index contributed by atoms with van der Waals surface area (Å²) in [7, 11) is 0. The van der Waals surface area contributed by atoms with E-state index >= 15 is 0 Å². The maximum atomic E-state index is 13.3. The van der Waals surface area contributed by atoms with Gasteiger partial charge in [-0.3, -0.25) is 0 Å². The van der Waals surface area contributed by atoms with Crippen molar-refractivity contribution in [3.63, 3.8) is 0 Å². The summed E-state index contributed by atoms with van der Waals surface area (Å²) < 4.78 is 39.3. The monoisotopic (exact) mass is 257 g/mol. The highest BCUT2D eigenvalue weighted by atomic mass is 19.1. The molecule has 0 aromatic heterocycles. The summed E-state index contributed by atoms with van der Waals surface area (Å²) >= 11 is 0. The summed E-state index contributed by atoms with van der Waals surface area (Å²) in [6, 6.07) is 2.19. The highest BCUT2D eigenvalue weighted by Crippen LogP contribution is 2.19. The molecule has 1 N–H and O–H groups in total. The number of benzene rings is 1. The second-order valence-electron chi connectivity index (χ2n) is 4.89. The summed E-state index contributed by atoms with van der Waals surface area (Å²) in [4.78, 5) is 0. The molecule has 1 aliphatic carbocycles. The van der Waals surface area contributed by atoms with Crippen molar-refractivity contribution in [2.24, 2.45) is 0 Å². The molecule has 1 saturated carbocycles. The van der Waals surface area contributed by atoms with E-state index in [1.165, 1.54) is 12.8 Å². The highest BCUT2D eigenvalue weighted by Gasteiger charge is 2.19. The maximum Gasteiger partial charge on any atom is 0.132 e. The van der Waals surface area contributed by atoms with Crippen LogP contribution in [-0.4, -0.2) is 12.6 Å². The lowest BCUT2D eigenvalue weighted by Crippen LogP contribution is -2.17. The summed E-state index contributed by atoms with van der Waals surface area (Å²) in [6.07, 6.45) is 5.54. The van der Waals surface area contributed by atoms with Crippen molar-refractivity contribution in [3.8, 4) is 0 Å². The maximum absolute atomic E-state index is 13.3. The Bertz CT molecular complexity index is 379. The predicted octanol–water partition coefficient (Wildman–Crippen LogP) is 3.57. The van der Waals surface area contributed by atoms with Gasteiger partial charge in [0.1, 0.15) is 17.5 Å². The van der Waals surface area contributed by atoms with Crippen LogP contribution in [0.3, 0.4) is 0 Å². The second-order valence-corrected chi connectivity index (χ2v) is 4.89. The first-order chi connectivity index (χ1) is 8.66. The van der Waals surface area contributed by atoms with E-state index in [4.69, 9.17) is 0 Å². The van der Waals surface area contributed by atoms with Crippen molar-refractivity contribution in [1.82, 2.24) is 5.32 Å². The van der Waals surface area contributed by atoms with Gasteiger partial charge in [0.2, 0.25) is 0 Å². The van der Waals surface area contributed by atoms with Crippen LogP contribution >= 0.6 is 0 Å². The quantitative estimate of drug-likeness (QED) is 0.736. The molecule has 0 bridgehead atoms. The van der Waals surface area contributed by atoms with Crippen LogP contribution < -0.4 is 5.32 Å². The summed E-state index contributed by atoms with van der Waals surface area (Å²) in [5, 5.41) is 3.39. The Kier molecular flexibility index (Phi) is 4.64. The van der Waals surface area contributed by atoms with Gasteiger partial charge < -0.3 is 5.32 Å². The zero-order valence-electron chi connectivity index (χ0n) is 10.3. The van der Waals surface area contributed by atoms with Gasteiger partial charge in [0.15, 0.2) is 0 Å². The first kappa shape index (κ1) is 13.4. The molecule has 0 amide bonds. The molecule has 1 aromatic rings. The fourth-order valence-electron chi connectivity index (χ4n) is 2.01. The minimum absolute atomic E-state index is 0.00607. The van der Waals surface area contributed by atoms with Crippen LogP contribution in [0.1, 0.15) is 37.7 Å². The van der Waals surface area contributed by atoms with Crippen molar-refractivity contribution in [3.05, 3.63) is 35.1 Å². The van der Waals surface area contributed by atoms with Gasteiger partial charge in [0, 0.05) is 23.7 Å². The van der Waals surface area contributed by atoms with E-state index in [1.54, 1.807) is 0 Å². The molecule has 1 fully saturated rings. The third kappa shape index (κ3) is 4.02. The largest absolute Gasteiger partial charge is 0.314 e. The molecule has 0 spiro atoms. The molecule has 0 radical (unpaired) electrons. The van der Waals surface area contributed by atoms with Gasteiger partial charge in [0.25, 0.3) is 0 Å². The zero-order valence-corrected chi connectivity index (χ0v) is 10.3. The normalized spacial score (nSPS) is 15.1. The van der Waals surface area contributed by atoms with Gasteiger partial charge >= 0.3 is 0 Å². The number of hydrogen-bond acceptors (Lipinski definition) is 1. The fourth-order valence-corrected chi connectivity index (χ4v) is 2.01. The van der Waals surface area contributed by atoms with Gasteiger partial charge in [0.05, 0.1) is 0 Å². The van der Waals surface area contributed by atoms with Gasteiger partial charge in [-0.1, -0.05) is 6.42 Å². The van der Waals surface area contributed by atoms with Crippen LogP contribution in [0.2, 0.25) is 0 Å². The molecule has 4 heteroatoms. The van der Waals surface area contributed by atoms with Crippen molar-refractivity contribution >= 4 is 0 Å². The Morgan fingerprint density at radius 1 is 1.00 bits per heavy atom. The molecule has 100 valence electrons. The van der Waals surface area contributed by atoms with E-state index in [-0.39, 0.29) is 5.56 Å². The number of halogens is 3. The van der Waals surface area contributed by atoms with E-state index < -0.39 is 17.5 Å². The minimum atomic E-state index is -0.859. The van der Waals surface area contributed by atoms with E-state index in [0.717, 1.165) is 37.9 Å². The molecule has 18 heavy (non-hydrogen) atoms. The van der Waals surface area contributed by atoms with E-state index in [9.17, 15) is 13.2 Å². The lowest BCUT2D eigenvalue weighted by molar-refractivity contribution is 0.514. The average molecular weight is 257 g/mol. The van der Waals surface area contributed by atoms with Crippen molar-refractivity contribution in [1.29, 1.82) is 0 Å². The number of rotatable bonds is 7. The van der Waals surface area contributed by atoms with Crippen molar-refractivity contribution < 1.29 is 13.2 Å². The van der Waals surface area contributed by atoms with Crippen molar-refractivity contribution in [2.75, 3.05) is 6.54 Å². The predicted molar refractivity (Wildman–Crippen MR) is 64.9 cm³/mol. The molecule has 0 aliphatic heterocycles. The van der Waals surface area contributed by atoms with Crippen LogP contribution in [-0.2, 0) is 6.42 Å². The Morgan fingerprint density at radius 3 is 2.28 bits per heavy atom. The fraction of sp³-hybridized carbons (Fsp3) is 0.571. The summed E-state index contributed by atoms with van der Waals surface area (Å²) in [5.41, 5.74) is 0.00607. The molecule has 1 aromatic carbocycles. The zero-order chi connectivity index (χ0) is 13.0. The third-order valence-corrected chi connectivity index (χ3v) is 3.22. The first-order valence-corrected chi connectivity index (χ1v) is 6.53. The van der Waals surface area contributed by atoms with Crippen LogP contribution in [0.4, 0.5) is 13.2 Å².